The SMILES string of the molecule is C=CCNC(=O)c1ccc(S(=O)(=O)N2CCCC[C@@H]2C)cc1. The minimum Gasteiger partial charge on any atom is -0.349 e. The molecule has 6 heteroatoms. The molecule has 1 aromatic carbocycles. The Morgan fingerprint density at radius 3 is 2.64 bits per heavy atom. The topological polar surface area (TPSA) is 66.5 Å². The van der Waals surface area contributed by atoms with Gasteiger partial charge in [0.2, 0.25) is 10.0 Å². The van der Waals surface area contributed by atoms with E-state index in [1.165, 1.54) is 12.1 Å². The van der Waals surface area contributed by atoms with Gasteiger partial charge in [-0.25, -0.2) is 8.42 Å². The van der Waals surface area contributed by atoms with Crippen molar-refractivity contribution in [2.45, 2.75) is 37.1 Å². The van der Waals surface area contributed by atoms with Gasteiger partial charge in [0, 0.05) is 24.7 Å². The van der Waals surface area contributed by atoms with Crippen LogP contribution in [0.2, 0.25) is 0 Å². The normalized spacial score (nSPS) is 19.6. The molecular weight excluding hydrogens is 300 g/mol. The van der Waals surface area contributed by atoms with Crippen molar-refractivity contribution in [1.29, 1.82) is 0 Å². The van der Waals surface area contributed by atoms with E-state index in [-0.39, 0.29) is 16.8 Å². The molecule has 0 bridgehead atoms. The van der Waals surface area contributed by atoms with Crippen molar-refractivity contribution in [3.63, 3.8) is 0 Å². The lowest BCUT2D eigenvalue weighted by molar-refractivity contribution is 0.0958. The van der Waals surface area contributed by atoms with Gasteiger partial charge in [-0.15, -0.1) is 6.58 Å². The number of nitrogens with zero attached hydrogens (tertiary/aromatic N) is 1. The van der Waals surface area contributed by atoms with Crippen LogP contribution >= 0.6 is 0 Å². The van der Waals surface area contributed by atoms with Crippen LogP contribution in [-0.2, 0) is 10.0 Å². The summed E-state index contributed by atoms with van der Waals surface area (Å²) in [5.74, 6) is -0.241. The number of carbonyl (C=O) groups is 1. The summed E-state index contributed by atoms with van der Waals surface area (Å²) in [7, 11) is -3.49. The highest BCUT2D eigenvalue weighted by molar-refractivity contribution is 7.89. The molecule has 0 saturated carbocycles. The number of benzene rings is 1. The summed E-state index contributed by atoms with van der Waals surface area (Å²) < 4.78 is 26.9. The highest BCUT2D eigenvalue weighted by Gasteiger charge is 2.30. The zero-order valence-electron chi connectivity index (χ0n) is 12.8. The highest BCUT2D eigenvalue weighted by atomic mass is 32.2. The van der Waals surface area contributed by atoms with E-state index in [1.54, 1.807) is 22.5 Å². The molecular formula is C16H22N2O3S. The first-order chi connectivity index (χ1) is 10.5. The Morgan fingerprint density at radius 2 is 2.05 bits per heavy atom. The second kappa shape index (κ2) is 7.07. The molecule has 1 amide bonds. The van der Waals surface area contributed by atoms with E-state index in [2.05, 4.69) is 11.9 Å². The second-order valence-electron chi connectivity index (χ2n) is 5.48. The maximum atomic E-state index is 12.7. The maximum Gasteiger partial charge on any atom is 0.251 e. The van der Waals surface area contributed by atoms with Gasteiger partial charge in [0.15, 0.2) is 0 Å². The van der Waals surface area contributed by atoms with Crippen LogP contribution in [0.3, 0.4) is 0 Å². The molecule has 1 N–H and O–H groups in total. The number of sulfonamides is 1. The molecule has 5 nitrogen and oxygen atoms in total. The van der Waals surface area contributed by atoms with Crippen LogP contribution in [0.4, 0.5) is 0 Å². The summed E-state index contributed by atoms with van der Waals surface area (Å²) in [5.41, 5.74) is 0.437. The fraction of sp³-hybridized carbons (Fsp3) is 0.438. The smallest absolute Gasteiger partial charge is 0.251 e. The van der Waals surface area contributed by atoms with E-state index >= 15 is 0 Å². The van der Waals surface area contributed by atoms with Crippen molar-refractivity contribution in [3.05, 3.63) is 42.5 Å². The van der Waals surface area contributed by atoms with Gasteiger partial charge in [0.1, 0.15) is 0 Å². The lowest BCUT2D eigenvalue weighted by atomic mass is 10.1. The summed E-state index contributed by atoms with van der Waals surface area (Å²) in [6, 6.07) is 6.10. The lowest BCUT2D eigenvalue weighted by Gasteiger charge is -2.32. The minimum absolute atomic E-state index is 0.0225. The molecule has 0 aliphatic carbocycles. The van der Waals surface area contributed by atoms with E-state index < -0.39 is 10.0 Å². The average molecular weight is 322 g/mol. The predicted octanol–water partition coefficient (Wildman–Crippen LogP) is 2.17. The first-order valence-corrected chi connectivity index (χ1v) is 8.92. The van der Waals surface area contributed by atoms with Crippen LogP contribution in [0.15, 0.2) is 41.8 Å². The van der Waals surface area contributed by atoms with Crippen LogP contribution in [0.1, 0.15) is 36.5 Å². The van der Waals surface area contributed by atoms with E-state index in [4.69, 9.17) is 0 Å². The zero-order valence-corrected chi connectivity index (χ0v) is 13.6. The largest absolute Gasteiger partial charge is 0.349 e. The summed E-state index contributed by atoms with van der Waals surface area (Å²) in [6.45, 7) is 6.41. The van der Waals surface area contributed by atoms with E-state index in [9.17, 15) is 13.2 Å². The lowest BCUT2D eigenvalue weighted by Crippen LogP contribution is -2.41. The standard InChI is InChI=1S/C16H22N2O3S/c1-3-11-17-16(19)14-7-9-15(10-8-14)22(20,21)18-12-5-4-6-13(18)2/h3,7-10,13H,1,4-6,11-12H2,2H3,(H,17,19)/t13-/m0/s1. The molecule has 0 aromatic heterocycles. The zero-order chi connectivity index (χ0) is 16.2. The van der Waals surface area contributed by atoms with Gasteiger partial charge in [-0.3, -0.25) is 4.79 Å². The van der Waals surface area contributed by atoms with Gasteiger partial charge in [-0.1, -0.05) is 12.5 Å². The Bertz CT molecular complexity index is 638. The number of nitrogens with one attached hydrogen (secondary N) is 1. The Labute approximate surface area is 132 Å². The first-order valence-electron chi connectivity index (χ1n) is 7.48. The van der Waals surface area contributed by atoms with Gasteiger partial charge < -0.3 is 5.32 Å². The van der Waals surface area contributed by atoms with Crippen molar-refractivity contribution in [1.82, 2.24) is 9.62 Å². The molecule has 1 fully saturated rings. The first kappa shape index (κ1) is 16.7. The molecule has 22 heavy (non-hydrogen) atoms. The minimum atomic E-state index is -3.49. The van der Waals surface area contributed by atoms with Crippen LogP contribution in [0.5, 0.6) is 0 Å². The third-order valence-electron chi connectivity index (χ3n) is 3.87. The van der Waals surface area contributed by atoms with Crippen molar-refractivity contribution in [3.8, 4) is 0 Å². The number of carbonyl (C=O) groups excluding carboxylic acids is 1. The Kier molecular flexibility index (Phi) is 5.37. The molecule has 1 atom stereocenters. The summed E-state index contributed by atoms with van der Waals surface area (Å²) >= 11 is 0. The van der Waals surface area contributed by atoms with Crippen molar-refractivity contribution in [2.24, 2.45) is 0 Å². The molecule has 0 spiro atoms. The molecule has 1 aliphatic heterocycles. The summed E-state index contributed by atoms with van der Waals surface area (Å²) in [5, 5.41) is 2.66. The molecule has 0 radical (unpaired) electrons. The maximum absolute atomic E-state index is 12.7. The molecule has 1 saturated heterocycles. The van der Waals surface area contributed by atoms with E-state index in [1.807, 2.05) is 6.92 Å². The van der Waals surface area contributed by atoms with Crippen LogP contribution in [-0.4, -0.2) is 37.8 Å². The number of rotatable bonds is 5. The summed E-state index contributed by atoms with van der Waals surface area (Å²) in [4.78, 5) is 12.0. The number of amides is 1. The summed E-state index contributed by atoms with van der Waals surface area (Å²) in [6.07, 6.45) is 4.44. The Hall–Kier alpha value is -1.66. The van der Waals surface area contributed by atoms with Crippen LogP contribution in [0, 0.1) is 0 Å². The second-order valence-corrected chi connectivity index (χ2v) is 7.37. The molecule has 0 unspecified atom stereocenters. The molecule has 120 valence electrons. The third kappa shape index (κ3) is 3.56. The fourth-order valence-electron chi connectivity index (χ4n) is 2.61. The Morgan fingerprint density at radius 1 is 1.36 bits per heavy atom. The van der Waals surface area contributed by atoms with Gasteiger partial charge in [0.05, 0.1) is 4.90 Å². The third-order valence-corrected chi connectivity index (χ3v) is 5.90. The van der Waals surface area contributed by atoms with Gasteiger partial charge in [-0.2, -0.15) is 4.31 Å². The van der Waals surface area contributed by atoms with E-state index in [0.29, 0.717) is 18.7 Å². The molecule has 2 rings (SSSR count). The highest BCUT2D eigenvalue weighted by Crippen LogP contribution is 2.25. The van der Waals surface area contributed by atoms with E-state index in [0.717, 1.165) is 19.3 Å². The number of hydrogen-bond acceptors (Lipinski definition) is 3. The molecule has 1 aliphatic rings. The van der Waals surface area contributed by atoms with Crippen molar-refractivity contribution in [2.75, 3.05) is 13.1 Å². The fourth-order valence-corrected chi connectivity index (χ4v) is 4.31. The number of piperidine rings is 1. The van der Waals surface area contributed by atoms with Crippen LogP contribution < -0.4 is 5.32 Å². The van der Waals surface area contributed by atoms with Crippen LogP contribution in [0.25, 0.3) is 0 Å². The Balaban J connectivity index is 2.18. The molecule has 1 aromatic rings. The average Bonchev–Trinajstić information content (AvgIpc) is 2.53. The predicted molar refractivity (Wildman–Crippen MR) is 86.2 cm³/mol. The van der Waals surface area contributed by atoms with Crippen molar-refractivity contribution < 1.29 is 13.2 Å². The quantitative estimate of drug-likeness (QED) is 0.845. The van der Waals surface area contributed by atoms with Gasteiger partial charge in [0.25, 0.3) is 5.91 Å². The van der Waals surface area contributed by atoms with Crippen molar-refractivity contribution >= 4 is 15.9 Å². The molecule has 1 heterocycles. The van der Waals surface area contributed by atoms with Gasteiger partial charge >= 0.3 is 0 Å². The van der Waals surface area contributed by atoms with Gasteiger partial charge in [-0.05, 0) is 44.0 Å². The number of hydrogen-bond donors (Lipinski definition) is 1. The monoisotopic (exact) mass is 322 g/mol.